The molecule has 0 spiro atoms. The summed E-state index contributed by atoms with van der Waals surface area (Å²) in [5.41, 5.74) is 1.93. The van der Waals surface area contributed by atoms with Crippen molar-refractivity contribution in [2.45, 2.75) is 24.7 Å². The molecule has 0 bridgehead atoms. The topological polar surface area (TPSA) is 37.3 Å². The lowest BCUT2D eigenvalue weighted by Crippen LogP contribution is -2.00. The molecule has 3 heteroatoms. The molecule has 0 unspecified atom stereocenters. The van der Waals surface area contributed by atoms with Crippen molar-refractivity contribution in [2.75, 3.05) is 0 Å². The average Bonchev–Trinajstić information content (AvgIpc) is 2.07. The van der Waals surface area contributed by atoms with Gasteiger partial charge in [-0.3, -0.25) is 4.79 Å². The molecule has 1 rings (SSSR count). The zero-order valence-corrected chi connectivity index (χ0v) is 8.34. The van der Waals surface area contributed by atoms with E-state index < -0.39 is 5.97 Å². The van der Waals surface area contributed by atoms with Gasteiger partial charge in [-0.15, -0.1) is 12.6 Å². The summed E-state index contributed by atoms with van der Waals surface area (Å²) in [5.74, 6) is -0.797. The zero-order valence-electron chi connectivity index (χ0n) is 7.45. The molecule has 0 radical (unpaired) electrons. The molecule has 0 aromatic heterocycles. The fraction of sp³-hybridized carbons (Fsp3) is 0.300. The highest BCUT2D eigenvalue weighted by molar-refractivity contribution is 7.80. The number of rotatable bonds is 3. The van der Waals surface area contributed by atoms with Gasteiger partial charge in [-0.2, -0.15) is 0 Å². The number of carbonyl (C=O) groups is 1. The summed E-state index contributed by atoms with van der Waals surface area (Å²) >= 11 is 4.27. The Morgan fingerprint density at radius 1 is 1.54 bits per heavy atom. The molecule has 0 fully saturated rings. The Hall–Kier alpha value is -0.960. The Kier molecular flexibility index (Phi) is 3.37. The van der Waals surface area contributed by atoms with Crippen LogP contribution in [0.1, 0.15) is 18.1 Å². The third-order valence-electron chi connectivity index (χ3n) is 1.88. The number of carboxylic acids is 1. The molecular weight excluding hydrogens is 184 g/mol. The third kappa shape index (κ3) is 2.77. The predicted molar refractivity (Wildman–Crippen MR) is 54.4 cm³/mol. The minimum absolute atomic E-state index is 0.0844. The minimum atomic E-state index is -0.797. The maximum Gasteiger partial charge on any atom is 0.307 e. The van der Waals surface area contributed by atoms with Crippen molar-refractivity contribution < 1.29 is 9.90 Å². The van der Waals surface area contributed by atoms with Gasteiger partial charge in [-0.05, 0) is 23.6 Å². The van der Waals surface area contributed by atoms with Gasteiger partial charge in [0.1, 0.15) is 0 Å². The first-order chi connectivity index (χ1) is 6.13. The van der Waals surface area contributed by atoms with Crippen molar-refractivity contribution in [3.8, 4) is 0 Å². The maximum absolute atomic E-state index is 10.4. The van der Waals surface area contributed by atoms with Crippen LogP contribution in [0, 0.1) is 0 Å². The summed E-state index contributed by atoms with van der Waals surface area (Å²) in [6.45, 7) is 2.03. The van der Waals surface area contributed by atoms with E-state index in [0.29, 0.717) is 0 Å². The maximum atomic E-state index is 10.4. The molecule has 0 saturated heterocycles. The van der Waals surface area contributed by atoms with Crippen LogP contribution in [0.15, 0.2) is 23.1 Å². The molecule has 0 atom stereocenters. The van der Waals surface area contributed by atoms with Crippen LogP contribution in [-0.4, -0.2) is 11.1 Å². The highest BCUT2D eigenvalue weighted by Crippen LogP contribution is 2.16. The van der Waals surface area contributed by atoms with Crippen LogP contribution in [-0.2, 0) is 17.6 Å². The van der Waals surface area contributed by atoms with Gasteiger partial charge in [0.05, 0.1) is 6.42 Å². The van der Waals surface area contributed by atoms with Crippen molar-refractivity contribution in [1.29, 1.82) is 0 Å². The van der Waals surface area contributed by atoms with Crippen molar-refractivity contribution in [1.82, 2.24) is 0 Å². The summed E-state index contributed by atoms with van der Waals surface area (Å²) in [6.07, 6.45) is 0.966. The molecule has 0 aliphatic heterocycles. The summed E-state index contributed by atoms with van der Waals surface area (Å²) in [6, 6.07) is 5.55. The molecule has 70 valence electrons. The summed E-state index contributed by atoms with van der Waals surface area (Å²) in [4.78, 5) is 11.4. The van der Waals surface area contributed by atoms with Crippen LogP contribution in [0.25, 0.3) is 0 Å². The molecule has 2 nitrogen and oxygen atoms in total. The molecule has 0 heterocycles. The first kappa shape index (κ1) is 10.1. The van der Waals surface area contributed by atoms with E-state index in [-0.39, 0.29) is 6.42 Å². The lowest BCUT2D eigenvalue weighted by Gasteiger charge is -2.04. The van der Waals surface area contributed by atoms with E-state index in [9.17, 15) is 4.79 Å². The molecular formula is C10H12O2S. The van der Waals surface area contributed by atoms with Gasteiger partial charge in [-0.25, -0.2) is 0 Å². The number of aryl methyl sites for hydroxylation is 1. The Morgan fingerprint density at radius 2 is 2.23 bits per heavy atom. The van der Waals surface area contributed by atoms with Crippen molar-refractivity contribution in [3.05, 3.63) is 29.3 Å². The van der Waals surface area contributed by atoms with Gasteiger partial charge in [0.2, 0.25) is 0 Å². The standard InChI is InChI=1S/C10H12O2S/c1-2-8-5-7(6-10(11)12)3-4-9(8)13/h3-5,13H,2,6H2,1H3,(H,11,12). The van der Waals surface area contributed by atoms with Crippen LogP contribution < -0.4 is 0 Å². The number of hydrogen-bond acceptors (Lipinski definition) is 2. The van der Waals surface area contributed by atoms with Crippen LogP contribution in [0.2, 0.25) is 0 Å². The molecule has 1 aromatic rings. The van der Waals surface area contributed by atoms with Crippen LogP contribution in [0.3, 0.4) is 0 Å². The number of aliphatic carboxylic acids is 1. The quantitative estimate of drug-likeness (QED) is 0.727. The second kappa shape index (κ2) is 4.33. The SMILES string of the molecule is CCc1cc(CC(=O)O)ccc1S. The number of thiol groups is 1. The fourth-order valence-corrected chi connectivity index (χ4v) is 1.50. The van der Waals surface area contributed by atoms with E-state index >= 15 is 0 Å². The van der Waals surface area contributed by atoms with E-state index in [4.69, 9.17) is 5.11 Å². The van der Waals surface area contributed by atoms with Gasteiger partial charge in [0, 0.05) is 4.90 Å². The lowest BCUT2D eigenvalue weighted by molar-refractivity contribution is -0.136. The van der Waals surface area contributed by atoms with E-state index in [1.807, 2.05) is 19.1 Å². The summed E-state index contributed by atoms with van der Waals surface area (Å²) < 4.78 is 0. The number of benzene rings is 1. The second-order valence-corrected chi connectivity index (χ2v) is 3.37. The largest absolute Gasteiger partial charge is 0.481 e. The lowest BCUT2D eigenvalue weighted by atomic mass is 10.1. The fourth-order valence-electron chi connectivity index (χ4n) is 1.21. The van der Waals surface area contributed by atoms with Crippen molar-refractivity contribution in [3.63, 3.8) is 0 Å². The van der Waals surface area contributed by atoms with Crippen LogP contribution >= 0.6 is 12.6 Å². The Bertz CT molecular complexity index is 321. The van der Waals surface area contributed by atoms with E-state index in [1.54, 1.807) is 6.07 Å². The molecule has 0 saturated carbocycles. The molecule has 0 amide bonds. The highest BCUT2D eigenvalue weighted by atomic mass is 32.1. The van der Waals surface area contributed by atoms with E-state index in [2.05, 4.69) is 12.6 Å². The monoisotopic (exact) mass is 196 g/mol. The predicted octanol–water partition coefficient (Wildman–Crippen LogP) is 2.16. The van der Waals surface area contributed by atoms with E-state index in [0.717, 1.165) is 22.4 Å². The van der Waals surface area contributed by atoms with Gasteiger partial charge in [0.25, 0.3) is 0 Å². The molecule has 0 aliphatic carbocycles. The Balaban J connectivity index is 2.92. The normalized spacial score (nSPS) is 10.0. The Morgan fingerprint density at radius 3 is 2.77 bits per heavy atom. The highest BCUT2D eigenvalue weighted by Gasteiger charge is 2.02. The Labute approximate surface area is 83.0 Å². The van der Waals surface area contributed by atoms with Gasteiger partial charge in [-0.1, -0.05) is 19.1 Å². The van der Waals surface area contributed by atoms with Crippen molar-refractivity contribution >= 4 is 18.6 Å². The molecule has 0 aliphatic rings. The summed E-state index contributed by atoms with van der Waals surface area (Å²) in [5, 5.41) is 8.58. The molecule has 1 aromatic carbocycles. The zero-order chi connectivity index (χ0) is 9.84. The second-order valence-electron chi connectivity index (χ2n) is 2.89. The first-order valence-electron chi connectivity index (χ1n) is 4.16. The van der Waals surface area contributed by atoms with Gasteiger partial charge < -0.3 is 5.11 Å². The van der Waals surface area contributed by atoms with Gasteiger partial charge in [0.15, 0.2) is 0 Å². The number of hydrogen-bond donors (Lipinski definition) is 2. The van der Waals surface area contributed by atoms with Gasteiger partial charge >= 0.3 is 5.97 Å². The molecule has 1 N–H and O–H groups in total. The minimum Gasteiger partial charge on any atom is -0.481 e. The van der Waals surface area contributed by atoms with Crippen molar-refractivity contribution in [2.24, 2.45) is 0 Å². The molecule has 13 heavy (non-hydrogen) atoms. The third-order valence-corrected chi connectivity index (χ3v) is 2.32. The van der Waals surface area contributed by atoms with E-state index in [1.165, 1.54) is 0 Å². The van der Waals surface area contributed by atoms with Crippen LogP contribution in [0.4, 0.5) is 0 Å². The first-order valence-corrected chi connectivity index (χ1v) is 4.60. The summed E-state index contributed by atoms with van der Waals surface area (Å²) in [7, 11) is 0. The average molecular weight is 196 g/mol. The van der Waals surface area contributed by atoms with Crippen LogP contribution in [0.5, 0.6) is 0 Å². The number of carboxylic acid groups (broad SMARTS) is 1. The smallest absolute Gasteiger partial charge is 0.307 e.